The van der Waals surface area contributed by atoms with Gasteiger partial charge in [-0.25, -0.2) is 14.2 Å². The van der Waals surface area contributed by atoms with E-state index in [1.807, 2.05) is 32.6 Å². The van der Waals surface area contributed by atoms with Crippen LogP contribution < -0.4 is 4.90 Å². The Morgan fingerprint density at radius 3 is 2.80 bits per heavy atom. The van der Waals surface area contributed by atoms with Crippen LogP contribution in [0.3, 0.4) is 0 Å². The number of ether oxygens (including phenoxy) is 1. The summed E-state index contributed by atoms with van der Waals surface area (Å²) in [7, 11) is 0. The van der Waals surface area contributed by atoms with Crippen LogP contribution in [-0.4, -0.2) is 52.2 Å². The molecule has 3 aromatic rings. The molecule has 0 bridgehead atoms. The summed E-state index contributed by atoms with van der Waals surface area (Å²) in [6.07, 6.45) is 1.26. The van der Waals surface area contributed by atoms with Gasteiger partial charge in [0, 0.05) is 37.3 Å². The molecule has 2 aromatic heterocycles. The Morgan fingerprint density at radius 2 is 2.17 bits per heavy atom. The third kappa shape index (κ3) is 3.96. The Bertz CT molecular complexity index is 1080. The van der Waals surface area contributed by atoms with Crippen molar-refractivity contribution >= 4 is 46.1 Å². The first-order chi connectivity index (χ1) is 14.1. The number of benzene rings is 1. The maximum Gasteiger partial charge on any atom is 0.410 e. The molecule has 160 valence electrons. The van der Waals surface area contributed by atoms with Gasteiger partial charge in [-0.2, -0.15) is 4.98 Å². The largest absolute Gasteiger partial charge is 0.444 e. The molecule has 1 unspecified atom stereocenters. The summed E-state index contributed by atoms with van der Waals surface area (Å²) in [6.45, 7) is 8.93. The number of amides is 1. The fourth-order valence-electron chi connectivity index (χ4n) is 3.39. The molecular weight excluding hydrogens is 431 g/mol. The highest BCUT2D eigenvalue weighted by Crippen LogP contribution is 2.38. The number of rotatable bonds is 2. The van der Waals surface area contributed by atoms with Gasteiger partial charge in [-0.15, -0.1) is 11.3 Å². The zero-order valence-electron chi connectivity index (χ0n) is 17.1. The van der Waals surface area contributed by atoms with Crippen molar-refractivity contribution < 1.29 is 18.3 Å². The summed E-state index contributed by atoms with van der Waals surface area (Å²) in [5.74, 6) is -0.579. The van der Waals surface area contributed by atoms with Crippen molar-refractivity contribution in [3.8, 4) is 10.6 Å². The number of fused-ring (bicyclic) bond motifs is 1. The molecule has 0 aliphatic carbocycles. The van der Waals surface area contributed by atoms with Gasteiger partial charge in [-0.3, -0.25) is 0 Å². The second-order valence-corrected chi connectivity index (χ2v) is 9.50. The molecule has 0 N–H and O–H groups in total. The van der Waals surface area contributed by atoms with Crippen molar-refractivity contribution in [2.75, 3.05) is 24.5 Å². The smallest absolute Gasteiger partial charge is 0.410 e. The molecule has 10 heteroatoms. The maximum absolute atomic E-state index is 14.8. The van der Waals surface area contributed by atoms with Gasteiger partial charge in [0.05, 0.1) is 10.6 Å². The van der Waals surface area contributed by atoms with E-state index in [9.17, 15) is 9.18 Å². The second-order valence-electron chi connectivity index (χ2n) is 8.20. The first-order valence-corrected chi connectivity index (χ1v) is 10.8. The standard InChI is InChI=1S/C20H22ClFN4O3S/c1-11-10-25(19(27)29-20(2,3)4)6-7-26(11)18-24-13-9-12(21)15(22)14(16(13)28-18)17-23-5-8-30-17/h5,8-9,11H,6-7,10H2,1-4H3. The van der Waals surface area contributed by atoms with Gasteiger partial charge in [-0.1, -0.05) is 11.6 Å². The molecule has 1 aromatic carbocycles. The maximum atomic E-state index is 14.8. The van der Waals surface area contributed by atoms with Gasteiger partial charge in [0.15, 0.2) is 11.4 Å². The number of hydrogen-bond acceptors (Lipinski definition) is 7. The first-order valence-electron chi connectivity index (χ1n) is 9.57. The lowest BCUT2D eigenvalue weighted by atomic mass is 10.2. The third-order valence-corrected chi connectivity index (χ3v) is 5.80. The molecule has 1 aliphatic rings. The number of carbonyl (C=O) groups excluding carboxylic acids is 1. The Labute approximate surface area is 182 Å². The highest BCUT2D eigenvalue weighted by molar-refractivity contribution is 7.13. The SMILES string of the molecule is CC1CN(C(=O)OC(C)(C)C)CCN1c1nc2cc(Cl)c(F)c(-c3nccs3)c2o1. The van der Waals surface area contributed by atoms with Crippen molar-refractivity contribution in [2.24, 2.45) is 0 Å². The molecule has 1 saturated heterocycles. The van der Waals surface area contributed by atoms with Gasteiger partial charge in [0.1, 0.15) is 16.1 Å². The van der Waals surface area contributed by atoms with Crippen LogP contribution in [0.1, 0.15) is 27.7 Å². The number of thiazole rings is 1. The molecule has 0 radical (unpaired) electrons. The van der Waals surface area contributed by atoms with Crippen LogP contribution in [0, 0.1) is 5.82 Å². The van der Waals surface area contributed by atoms with Gasteiger partial charge in [-0.05, 0) is 33.8 Å². The molecule has 1 atom stereocenters. The van der Waals surface area contributed by atoms with E-state index in [2.05, 4.69) is 9.97 Å². The van der Waals surface area contributed by atoms with Crippen LogP contribution in [0.2, 0.25) is 5.02 Å². The number of anilines is 1. The van der Waals surface area contributed by atoms with Gasteiger partial charge < -0.3 is 19.0 Å². The van der Waals surface area contributed by atoms with Gasteiger partial charge >= 0.3 is 6.09 Å². The number of nitrogens with zero attached hydrogens (tertiary/aromatic N) is 4. The minimum absolute atomic E-state index is 0.0321. The average molecular weight is 453 g/mol. The van der Waals surface area contributed by atoms with Crippen molar-refractivity contribution in [3.63, 3.8) is 0 Å². The van der Waals surface area contributed by atoms with Gasteiger partial charge in [0.2, 0.25) is 0 Å². The van der Waals surface area contributed by atoms with E-state index in [0.29, 0.717) is 41.8 Å². The van der Waals surface area contributed by atoms with Crippen LogP contribution in [0.5, 0.6) is 0 Å². The molecule has 0 saturated carbocycles. The van der Waals surface area contributed by atoms with Crippen molar-refractivity contribution in [3.05, 3.63) is 28.5 Å². The molecule has 7 nitrogen and oxygen atoms in total. The van der Waals surface area contributed by atoms with Crippen LogP contribution in [0.25, 0.3) is 21.7 Å². The fourth-order valence-corrected chi connectivity index (χ4v) is 4.26. The van der Waals surface area contributed by atoms with E-state index in [0.717, 1.165) is 0 Å². The van der Waals surface area contributed by atoms with E-state index >= 15 is 0 Å². The summed E-state index contributed by atoms with van der Waals surface area (Å²) in [5, 5.41) is 2.21. The van der Waals surface area contributed by atoms with Crippen LogP contribution in [-0.2, 0) is 4.74 Å². The molecule has 1 fully saturated rings. The van der Waals surface area contributed by atoms with E-state index in [1.165, 1.54) is 17.4 Å². The van der Waals surface area contributed by atoms with Crippen LogP contribution >= 0.6 is 22.9 Å². The lowest BCUT2D eigenvalue weighted by Crippen LogP contribution is -2.54. The van der Waals surface area contributed by atoms with Crippen LogP contribution in [0.4, 0.5) is 15.2 Å². The Kier molecular flexibility index (Phi) is 5.36. The summed E-state index contributed by atoms with van der Waals surface area (Å²) in [5.41, 5.74) is 0.436. The first kappa shape index (κ1) is 20.9. The lowest BCUT2D eigenvalue weighted by molar-refractivity contribution is 0.0216. The molecule has 3 heterocycles. The number of halogens is 2. The third-order valence-electron chi connectivity index (χ3n) is 4.73. The summed E-state index contributed by atoms with van der Waals surface area (Å²) < 4.78 is 26.2. The predicted molar refractivity (Wildman–Crippen MR) is 115 cm³/mol. The Balaban J connectivity index is 1.62. The zero-order valence-corrected chi connectivity index (χ0v) is 18.7. The topological polar surface area (TPSA) is 71.7 Å². The average Bonchev–Trinajstić information content (AvgIpc) is 3.31. The number of oxazole rings is 1. The monoisotopic (exact) mass is 452 g/mol. The Hall–Kier alpha value is -2.39. The van der Waals surface area contributed by atoms with Crippen molar-refractivity contribution in [1.29, 1.82) is 0 Å². The van der Waals surface area contributed by atoms with E-state index in [4.69, 9.17) is 20.8 Å². The van der Waals surface area contributed by atoms with E-state index in [1.54, 1.807) is 16.5 Å². The highest BCUT2D eigenvalue weighted by Gasteiger charge is 2.32. The predicted octanol–water partition coefficient (Wildman–Crippen LogP) is 5.19. The summed E-state index contributed by atoms with van der Waals surface area (Å²) >= 11 is 7.39. The van der Waals surface area contributed by atoms with E-state index in [-0.39, 0.29) is 22.7 Å². The zero-order chi connectivity index (χ0) is 21.6. The summed E-state index contributed by atoms with van der Waals surface area (Å²) in [4.78, 5) is 24.7. The second kappa shape index (κ2) is 7.70. The minimum atomic E-state index is -0.579. The van der Waals surface area contributed by atoms with Crippen molar-refractivity contribution in [2.45, 2.75) is 39.3 Å². The molecular formula is C20H22ClFN4O3S. The normalized spacial score (nSPS) is 17.6. The molecule has 1 amide bonds. The quantitative estimate of drug-likeness (QED) is 0.532. The molecule has 30 heavy (non-hydrogen) atoms. The van der Waals surface area contributed by atoms with Crippen molar-refractivity contribution in [1.82, 2.24) is 14.9 Å². The van der Waals surface area contributed by atoms with E-state index < -0.39 is 11.4 Å². The highest BCUT2D eigenvalue weighted by atomic mass is 35.5. The fraction of sp³-hybridized carbons (Fsp3) is 0.450. The number of aromatic nitrogens is 2. The van der Waals surface area contributed by atoms with Crippen LogP contribution in [0.15, 0.2) is 22.1 Å². The number of piperazine rings is 1. The van der Waals surface area contributed by atoms with Gasteiger partial charge in [0.25, 0.3) is 6.01 Å². The lowest BCUT2D eigenvalue weighted by Gasteiger charge is -2.39. The summed E-state index contributed by atoms with van der Waals surface area (Å²) in [6, 6.07) is 1.75. The Morgan fingerprint density at radius 1 is 1.40 bits per heavy atom. The number of hydrogen-bond donors (Lipinski definition) is 0. The molecule has 0 spiro atoms. The molecule has 4 rings (SSSR count). The number of carbonyl (C=O) groups is 1. The molecule has 1 aliphatic heterocycles. The minimum Gasteiger partial charge on any atom is -0.444 e.